The first-order valence-electron chi connectivity index (χ1n) is 3.37. The molecule has 0 saturated carbocycles. The molecule has 0 spiro atoms. The van der Waals surface area contributed by atoms with Crippen molar-refractivity contribution in [1.82, 2.24) is 4.31 Å². The van der Waals surface area contributed by atoms with Gasteiger partial charge in [0.25, 0.3) is 0 Å². The van der Waals surface area contributed by atoms with Gasteiger partial charge in [-0.2, -0.15) is 12.7 Å². The van der Waals surface area contributed by atoms with Gasteiger partial charge in [0.05, 0.1) is 6.10 Å². The van der Waals surface area contributed by atoms with Crippen molar-refractivity contribution in [2.75, 3.05) is 6.54 Å². The summed E-state index contributed by atoms with van der Waals surface area (Å²) in [6.07, 6.45) is -1.54. The van der Waals surface area contributed by atoms with Crippen molar-refractivity contribution in [2.24, 2.45) is 0 Å². The molecule has 1 heterocycles. The second kappa shape index (κ2) is 2.91. The molecule has 7 heteroatoms. The SMILES string of the molecule is C[C@@H]1CCN(C(=O)O)S(=O)(=O)O1. The number of hydrogen-bond donors (Lipinski definition) is 1. The Kier molecular flexibility index (Phi) is 2.25. The molecular weight excluding hydrogens is 186 g/mol. The summed E-state index contributed by atoms with van der Waals surface area (Å²) in [6.45, 7) is 1.55. The molecule has 1 fully saturated rings. The quantitative estimate of drug-likeness (QED) is 0.589. The maximum absolute atomic E-state index is 11.0. The van der Waals surface area contributed by atoms with E-state index in [0.717, 1.165) is 0 Å². The zero-order valence-corrected chi connectivity index (χ0v) is 7.24. The number of nitrogens with zero attached hydrogens (tertiary/aromatic N) is 1. The third kappa shape index (κ3) is 1.67. The van der Waals surface area contributed by atoms with Crippen LogP contribution in [0.15, 0.2) is 0 Å². The van der Waals surface area contributed by atoms with E-state index < -0.39 is 22.5 Å². The predicted molar refractivity (Wildman–Crippen MR) is 38.8 cm³/mol. The lowest BCUT2D eigenvalue weighted by Crippen LogP contribution is -2.44. The van der Waals surface area contributed by atoms with Crippen molar-refractivity contribution in [2.45, 2.75) is 19.4 Å². The highest BCUT2D eigenvalue weighted by molar-refractivity contribution is 7.84. The highest BCUT2D eigenvalue weighted by Gasteiger charge is 2.34. The number of amides is 1. The summed E-state index contributed by atoms with van der Waals surface area (Å²) >= 11 is 0. The normalized spacial score (nSPS) is 28.4. The summed E-state index contributed by atoms with van der Waals surface area (Å²) in [4.78, 5) is 10.3. The number of rotatable bonds is 0. The summed E-state index contributed by atoms with van der Waals surface area (Å²) in [7, 11) is -4.04. The van der Waals surface area contributed by atoms with E-state index in [0.29, 0.717) is 10.7 Å². The Balaban J connectivity index is 2.86. The zero-order valence-electron chi connectivity index (χ0n) is 6.43. The minimum atomic E-state index is -4.04. The first-order chi connectivity index (χ1) is 5.43. The van der Waals surface area contributed by atoms with Gasteiger partial charge < -0.3 is 5.11 Å². The van der Waals surface area contributed by atoms with E-state index >= 15 is 0 Å². The second-order valence-electron chi connectivity index (χ2n) is 2.51. The van der Waals surface area contributed by atoms with Crippen molar-refractivity contribution in [1.29, 1.82) is 0 Å². The predicted octanol–water partition coefficient (Wildman–Crippen LogP) is 0.0200. The van der Waals surface area contributed by atoms with E-state index in [-0.39, 0.29) is 6.54 Å². The molecule has 1 rings (SSSR count). The Bertz CT molecular complexity index is 284. The van der Waals surface area contributed by atoms with Gasteiger partial charge >= 0.3 is 16.4 Å². The van der Waals surface area contributed by atoms with Gasteiger partial charge in [0.15, 0.2) is 0 Å². The van der Waals surface area contributed by atoms with E-state index in [1.54, 1.807) is 6.92 Å². The van der Waals surface area contributed by atoms with Crippen molar-refractivity contribution in [3.8, 4) is 0 Å². The molecule has 1 amide bonds. The smallest absolute Gasteiger partial charge is 0.422 e. The lowest BCUT2D eigenvalue weighted by molar-refractivity contribution is 0.126. The molecule has 1 aliphatic rings. The summed E-state index contributed by atoms with van der Waals surface area (Å²) in [5, 5.41) is 8.43. The first kappa shape index (κ1) is 9.27. The van der Waals surface area contributed by atoms with E-state index in [1.165, 1.54) is 0 Å². The molecule has 6 nitrogen and oxygen atoms in total. The van der Waals surface area contributed by atoms with E-state index in [9.17, 15) is 13.2 Å². The minimum Gasteiger partial charge on any atom is -0.464 e. The van der Waals surface area contributed by atoms with Crippen LogP contribution in [0.3, 0.4) is 0 Å². The van der Waals surface area contributed by atoms with Crippen LogP contribution < -0.4 is 0 Å². The Labute approximate surface area is 70.0 Å². The summed E-state index contributed by atoms with van der Waals surface area (Å²) < 4.78 is 26.7. The van der Waals surface area contributed by atoms with Gasteiger partial charge in [0.2, 0.25) is 0 Å². The van der Waals surface area contributed by atoms with Crippen LogP contribution in [0.5, 0.6) is 0 Å². The maximum Gasteiger partial charge on any atom is 0.422 e. The Hall–Kier alpha value is -0.820. The van der Waals surface area contributed by atoms with Gasteiger partial charge in [-0.3, -0.25) is 4.18 Å². The monoisotopic (exact) mass is 195 g/mol. The van der Waals surface area contributed by atoms with Crippen LogP contribution in [0.1, 0.15) is 13.3 Å². The molecule has 1 saturated heterocycles. The molecule has 1 aliphatic heterocycles. The van der Waals surface area contributed by atoms with Gasteiger partial charge in [-0.15, -0.1) is 0 Å². The molecule has 0 radical (unpaired) electrons. The highest BCUT2D eigenvalue weighted by atomic mass is 32.2. The van der Waals surface area contributed by atoms with Crippen LogP contribution in [-0.2, 0) is 14.5 Å². The van der Waals surface area contributed by atoms with Crippen LogP contribution in [0.2, 0.25) is 0 Å². The first-order valence-corrected chi connectivity index (χ1v) is 4.74. The third-order valence-electron chi connectivity index (χ3n) is 1.51. The van der Waals surface area contributed by atoms with Crippen LogP contribution in [0.25, 0.3) is 0 Å². The van der Waals surface area contributed by atoms with Crippen molar-refractivity contribution < 1.29 is 22.5 Å². The fraction of sp³-hybridized carbons (Fsp3) is 0.800. The van der Waals surface area contributed by atoms with E-state index in [1.807, 2.05) is 0 Å². The lowest BCUT2D eigenvalue weighted by Gasteiger charge is -2.26. The molecule has 70 valence electrons. The second-order valence-corrected chi connectivity index (χ2v) is 4.00. The molecule has 0 aromatic rings. The largest absolute Gasteiger partial charge is 0.464 e. The van der Waals surface area contributed by atoms with Crippen LogP contribution in [-0.4, -0.2) is 36.6 Å². The van der Waals surface area contributed by atoms with Crippen LogP contribution in [0.4, 0.5) is 4.79 Å². The molecule has 0 bridgehead atoms. The van der Waals surface area contributed by atoms with Crippen molar-refractivity contribution in [3.05, 3.63) is 0 Å². The van der Waals surface area contributed by atoms with Gasteiger partial charge in [0, 0.05) is 6.54 Å². The Morgan fingerprint density at radius 3 is 2.67 bits per heavy atom. The Morgan fingerprint density at radius 1 is 1.67 bits per heavy atom. The maximum atomic E-state index is 11.0. The van der Waals surface area contributed by atoms with Crippen LogP contribution >= 0.6 is 0 Å². The van der Waals surface area contributed by atoms with Gasteiger partial charge in [-0.25, -0.2) is 4.79 Å². The van der Waals surface area contributed by atoms with Crippen LogP contribution in [0, 0.1) is 0 Å². The molecule has 1 N–H and O–H groups in total. The van der Waals surface area contributed by atoms with Crippen molar-refractivity contribution in [3.63, 3.8) is 0 Å². The zero-order chi connectivity index (χ0) is 9.35. The molecule has 0 unspecified atom stereocenters. The fourth-order valence-corrected chi connectivity index (χ4v) is 2.05. The minimum absolute atomic E-state index is 0.0289. The molecule has 12 heavy (non-hydrogen) atoms. The third-order valence-corrected chi connectivity index (χ3v) is 2.96. The fourth-order valence-electron chi connectivity index (χ4n) is 0.910. The van der Waals surface area contributed by atoms with Gasteiger partial charge in [-0.05, 0) is 13.3 Å². The van der Waals surface area contributed by atoms with E-state index in [4.69, 9.17) is 5.11 Å². The standard InChI is InChI=1S/C5H9NO5S/c1-4-2-3-6(5(7)8)12(9,10)11-4/h4H,2-3H2,1H3,(H,7,8)/t4-/m1/s1. The van der Waals surface area contributed by atoms with Crippen molar-refractivity contribution >= 4 is 16.4 Å². The van der Waals surface area contributed by atoms with Gasteiger partial charge in [0.1, 0.15) is 0 Å². The molecule has 1 atom stereocenters. The molecular formula is C5H9NO5S. The van der Waals surface area contributed by atoms with E-state index in [2.05, 4.69) is 4.18 Å². The van der Waals surface area contributed by atoms with Gasteiger partial charge in [-0.1, -0.05) is 0 Å². The number of hydrogen-bond acceptors (Lipinski definition) is 4. The summed E-state index contributed by atoms with van der Waals surface area (Å²) in [5.41, 5.74) is 0. The number of carbonyl (C=O) groups is 1. The summed E-state index contributed by atoms with van der Waals surface area (Å²) in [6, 6.07) is 0. The average molecular weight is 195 g/mol. The molecule has 0 aliphatic carbocycles. The summed E-state index contributed by atoms with van der Waals surface area (Å²) in [5.74, 6) is 0. The molecule has 0 aromatic heterocycles. The topological polar surface area (TPSA) is 83.9 Å². The Morgan fingerprint density at radius 2 is 2.25 bits per heavy atom. The molecule has 0 aromatic carbocycles. The lowest BCUT2D eigenvalue weighted by atomic mass is 10.3. The number of carboxylic acid groups (broad SMARTS) is 1. The average Bonchev–Trinajstić information content (AvgIpc) is 1.82. The highest BCUT2D eigenvalue weighted by Crippen LogP contribution is 2.16.